The van der Waals surface area contributed by atoms with E-state index in [0.29, 0.717) is 18.7 Å². The van der Waals surface area contributed by atoms with Crippen LogP contribution in [-0.4, -0.2) is 36.0 Å². The Morgan fingerprint density at radius 1 is 1.54 bits per heavy atom. The van der Waals surface area contributed by atoms with Crippen LogP contribution in [0.15, 0.2) is 0 Å². The summed E-state index contributed by atoms with van der Waals surface area (Å²) in [5.41, 5.74) is -0.610. The zero-order chi connectivity index (χ0) is 9.90. The van der Waals surface area contributed by atoms with E-state index >= 15 is 0 Å². The molecule has 1 aliphatic heterocycles. The van der Waals surface area contributed by atoms with E-state index in [1.54, 1.807) is 0 Å². The number of nitrogens with one attached hydrogen (secondary N) is 1. The van der Waals surface area contributed by atoms with E-state index in [-0.39, 0.29) is 0 Å². The summed E-state index contributed by atoms with van der Waals surface area (Å²) < 4.78 is 5.44. The van der Waals surface area contributed by atoms with Gasteiger partial charge in [-0.05, 0) is 33.6 Å². The van der Waals surface area contributed by atoms with Gasteiger partial charge in [0.15, 0.2) is 0 Å². The monoisotopic (exact) mass is 187 g/mol. The Morgan fingerprint density at radius 3 is 2.77 bits per heavy atom. The van der Waals surface area contributed by atoms with Crippen molar-refractivity contribution in [2.75, 3.05) is 13.2 Å². The van der Waals surface area contributed by atoms with Gasteiger partial charge in [0.05, 0.1) is 11.7 Å². The highest BCUT2D eigenvalue weighted by Gasteiger charge is 2.21. The molecule has 3 nitrogen and oxygen atoms in total. The van der Waals surface area contributed by atoms with Gasteiger partial charge in [-0.3, -0.25) is 0 Å². The number of ether oxygens (including phenoxy) is 1. The first kappa shape index (κ1) is 11.0. The molecule has 2 atom stereocenters. The normalized spacial score (nSPS) is 30.5. The van der Waals surface area contributed by atoms with Crippen molar-refractivity contribution in [2.24, 2.45) is 0 Å². The van der Waals surface area contributed by atoms with E-state index in [2.05, 4.69) is 12.2 Å². The first-order valence-corrected chi connectivity index (χ1v) is 5.05. The van der Waals surface area contributed by atoms with Crippen LogP contribution in [0.4, 0.5) is 0 Å². The summed E-state index contributed by atoms with van der Waals surface area (Å²) in [6, 6.07) is 0.509. The summed E-state index contributed by atoms with van der Waals surface area (Å²) >= 11 is 0. The van der Waals surface area contributed by atoms with Crippen molar-refractivity contribution in [1.82, 2.24) is 5.32 Å². The quantitative estimate of drug-likeness (QED) is 0.690. The van der Waals surface area contributed by atoms with E-state index in [1.165, 1.54) is 0 Å². The molecule has 2 unspecified atom stereocenters. The Hall–Kier alpha value is -0.120. The van der Waals surface area contributed by atoms with Crippen molar-refractivity contribution in [3.8, 4) is 0 Å². The highest BCUT2D eigenvalue weighted by Crippen LogP contribution is 2.13. The Balaban J connectivity index is 2.21. The van der Waals surface area contributed by atoms with Gasteiger partial charge in [-0.25, -0.2) is 0 Å². The molecule has 1 rings (SSSR count). The summed E-state index contributed by atoms with van der Waals surface area (Å²) in [5.74, 6) is 0. The zero-order valence-electron chi connectivity index (χ0n) is 8.84. The Morgan fingerprint density at radius 2 is 2.23 bits per heavy atom. The molecular weight excluding hydrogens is 166 g/mol. The lowest BCUT2D eigenvalue weighted by Gasteiger charge is -2.30. The van der Waals surface area contributed by atoms with Gasteiger partial charge in [0.2, 0.25) is 0 Å². The lowest BCUT2D eigenvalue weighted by Crippen LogP contribution is -2.44. The minimum Gasteiger partial charge on any atom is -0.389 e. The van der Waals surface area contributed by atoms with Crippen molar-refractivity contribution in [2.45, 2.75) is 51.4 Å². The summed E-state index contributed by atoms with van der Waals surface area (Å²) in [4.78, 5) is 0. The molecule has 1 aliphatic rings. The van der Waals surface area contributed by atoms with Gasteiger partial charge in [-0.15, -0.1) is 0 Å². The molecule has 0 aromatic rings. The number of hydrogen-bond acceptors (Lipinski definition) is 3. The molecule has 1 heterocycles. The van der Waals surface area contributed by atoms with Crippen molar-refractivity contribution in [3.05, 3.63) is 0 Å². The Bertz CT molecular complexity index is 153. The third kappa shape index (κ3) is 4.60. The first-order valence-electron chi connectivity index (χ1n) is 5.05. The highest BCUT2D eigenvalue weighted by atomic mass is 16.5. The van der Waals surface area contributed by atoms with Gasteiger partial charge < -0.3 is 15.2 Å². The van der Waals surface area contributed by atoms with E-state index in [1.807, 2.05) is 13.8 Å². The van der Waals surface area contributed by atoms with E-state index < -0.39 is 5.60 Å². The second kappa shape index (κ2) is 4.40. The van der Waals surface area contributed by atoms with E-state index in [4.69, 9.17) is 4.74 Å². The fourth-order valence-electron chi connectivity index (χ4n) is 1.58. The zero-order valence-corrected chi connectivity index (χ0v) is 8.84. The maximum atomic E-state index is 9.52. The molecule has 0 aliphatic carbocycles. The maximum absolute atomic E-state index is 9.52. The lowest BCUT2D eigenvalue weighted by atomic mass is 10.0. The highest BCUT2D eigenvalue weighted by molar-refractivity contribution is 4.78. The molecule has 1 saturated heterocycles. The fraction of sp³-hybridized carbons (Fsp3) is 1.00. The second-order valence-electron chi connectivity index (χ2n) is 4.60. The molecule has 0 amide bonds. The predicted molar refractivity (Wildman–Crippen MR) is 52.7 cm³/mol. The molecule has 0 saturated carbocycles. The Labute approximate surface area is 80.5 Å². The lowest BCUT2D eigenvalue weighted by molar-refractivity contribution is 0.00612. The van der Waals surface area contributed by atoms with Crippen LogP contribution in [-0.2, 0) is 4.74 Å². The number of aliphatic hydroxyl groups is 1. The van der Waals surface area contributed by atoms with Crippen molar-refractivity contribution in [1.29, 1.82) is 0 Å². The molecule has 0 aromatic carbocycles. The van der Waals surface area contributed by atoms with E-state index in [0.717, 1.165) is 19.4 Å². The van der Waals surface area contributed by atoms with Crippen LogP contribution in [0.25, 0.3) is 0 Å². The molecular formula is C10H21NO2. The van der Waals surface area contributed by atoms with Gasteiger partial charge in [0, 0.05) is 19.2 Å². The standard InChI is InChI=1S/C10H21NO2/c1-8-6-9(4-5-13-8)11-7-10(2,3)12/h8-9,11-12H,4-7H2,1-3H3. The van der Waals surface area contributed by atoms with Crippen LogP contribution in [0.3, 0.4) is 0 Å². The average molecular weight is 187 g/mol. The third-order valence-electron chi connectivity index (χ3n) is 2.31. The molecule has 3 heteroatoms. The van der Waals surface area contributed by atoms with Gasteiger partial charge in [0.1, 0.15) is 0 Å². The van der Waals surface area contributed by atoms with Crippen LogP contribution in [0.2, 0.25) is 0 Å². The SMILES string of the molecule is CC1CC(NCC(C)(C)O)CCO1. The van der Waals surface area contributed by atoms with Crippen LogP contribution >= 0.6 is 0 Å². The summed E-state index contributed by atoms with van der Waals surface area (Å²) in [7, 11) is 0. The molecule has 2 N–H and O–H groups in total. The molecule has 1 fully saturated rings. The van der Waals surface area contributed by atoms with Crippen molar-refractivity contribution < 1.29 is 9.84 Å². The topological polar surface area (TPSA) is 41.5 Å². The van der Waals surface area contributed by atoms with Crippen LogP contribution in [0, 0.1) is 0 Å². The molecule has 0 aromatic heterocycles. The minimum absolute atomic E-state index is 0.355. The number of rotatable bonds is 3. The summed E-state index contributed by atoms with van der Waals surface area (Å²) in [5, 5.41) is 12.9. The molecule has 0 radical (unpaired) electrons. The van der Waals surface area contributed by atoms with Gasteiger partial charge in [-0.1, -0.05) is 0 Å². The summed E-state index contributed by atoms with van der Waals surface area (Å²) in [6.07, 6.45) is 2.46. The first-order chi connectivity index (χ1) is 5.97. The molecule has 0 spiro atoms. The van der Waals surface area contributed by atoms with Crippen LogP contribution in [0.5, 0.6) is 0 Å². The average Bonchev–Trinajstić information content (AvgIpc) is 2.00. The maximum Gasteiger partial charge on any atom is 0.0715 e. The van der Waals surface area contributed by atoms with Crippen LogP contribution in [0.1, 0.15) is 33.6 Å². The number of hydrogen-bond donors (Lipinski definition) is 2. The largest absolute Gasteiger partial charge is 0.389 e. The fourth-order valence-corrected chi connectivity index (χ4v) is 1.58. The predicted octanol–water partition coefficient (Wildman–Crippen LogP) is 0.914. The smallest absolute Gasteiger partial charge is 0.0715 e. The van der Waals surface area contributed by atoms with Crippen molar-refractivity contribution in [3.63, 3.8) is 0 Å². The molecule has 78 valence electrons. The second-order valence-corrected chi connectivity index (χ2v) is 4.60. The van der Waals surface area contributed by atoms with Gasteiger partial charge >= 0.3 is 0 Å². The van der Waals surface area contributed by atoms with Gasteiger partial charge in [0.25, 0.3) is 0 Å². The van der Waals surface area contributed by atoms with Crippen molar-refractivity contribution >= 4 is 0 Å². The Kier molecular flexibility index (Phi) is 3.71. The molecule has 13 heavy (non-hydrogen) atoms. The molecule has 0 bridgehead atoms. The minimum atomic E-state index is -0.610. The van der Waals surface area contributed by atoms with Crippen LogP contribution < -0.4 is 5.32 Å². The van der Waals surface area contributed by atoms with Gasteiger partial charge in [-0.2, -0.15) is 0 Å². The summed E-state index contributed by atoms with van der Waals surface area (Å²) in [6.45, 7) is 7.23. The third-order valence-corrected chi connectivity index (χ3v) is 2.31. The van der Waals surface area contributed by atoms with E-state index in [9.17, 15) is 5.11 Å².